The van der Waals surface area contributed by atoms with E-state index in [0.717, 1.165) is 28.9 Å². The van der Waals surface area contributed by atoms with Crippen LogP contribution in [0, 0.1) is 0 Å². The van der Waals surface area contributed by atoms with E-state index < -0.39 is 23.3 Å². The lowest BCUT2D eigenvalue weighted by atomic mass is 9.96. The molecule has 0 spiro atoms. The highest BCUT2D eigenvalue weighted by atomic mass is 16.5. The molecule has 1 atom stereocenters. The Hall–Kier alpha value is -3.23. The van der Waals surface area contributed by atoms with Crippen LogP contribution in [0.1, 0.15) is 35.7 Å². The van der Waals surface area contributed by atoms with Crippen molar-refractivity contribution < 1.29 is 19.6 Å². The average molecular weight is 425 g/mol. The summed E-state index contributed by atoms with van der Waals surface area (Å²) in [5, 5.41) is 14.8. The van der Waals surface area contributed by atoms with E-state index in [1.165, 1.54) is 32.1 Å². The van der Waals surface area contributed by atoms with Gasteiger partial charge in [-0.05, 0) is 55.6 Å². The molecule has 164 valence electrons. The number of hydrogen-bond acceptors (Lipinski definition) is 5. The van der Waals surface area contributed by atoms with E-state index in [4.69, 9.17) is 5.21 Å². The van der Waals surface area contributed by atoms with Gasteiger partial charge in [-0.3, -0.25) is 19.6 Å². The van der Waals surface area contributed by atoms with E-state index in [2.05, 4.69) is 34.9 Å². The van der Waals surface area contributed by atoms with Gasteiger partial charge in [0.05, 0.1) is 0 Å². The third-order valence-electron chi connectivity index (χ3n) is 6.32. The zero-order valence-corrected chi connectivity index (χ0v) is 18.2. The molecule has 1 saturated carbocycles. The van der Waals surface area contributed by atoms with Gasteiger partial charge in [0.25, 0.3) is 17.7 Å². The molecule has 1 aliphatic carbocycles. The zero-order valence-electron chi connectivity index (χ0n) is 18.2. The van der Waals surface area contributed by atoms with Crippen molar-refractivity contribution in [1.29, 1.82) is 0 Å². The molecule has 2 aromatic carbocycles. The Labute approximate surface area is 181 Å². The smallest absolute Gasteiger partial charge is 0.278 e. The first-order valence-corrected chi connectivity index (χ1v) is 10.1. The fraction of sp³-hybridized carbons (Fsp3) is 0.348. The largest absolute Gasteiger partial charge is 0.357 e. The van der Waals surface area contributed by atoms with Gasteiger partial charge in [-0.25, -0.2) is 5.48 Å². The predicted octanol–water partition coefficient (Wildman–Crippen LogP) is 1.64. The van der Waals surface area contributed by atoms with Crippen LogP contribution in [0.15, 0.2) is 48.5 Å². The Morgan fingerprint density at radius 1 is 0.935 bits per heavy atom. The van der Waals surface area contributed by atoms with Crippen molar-refractivity contribution in [1.82, 2.24) is 21.0 Å². The normalized spacial score (nSPS) is 16.0. The van der Waals surface area contributed by atoms with Gasteiger partial charge >= 0.3 is 0 Å². The third-order valence-corrected chi connectivity index (χ3v) is 6.32. The minimum Gasteiger partial charge on any atom is -0.357 e. The van der Waals surface area contributed by atoms with Crippen LogP contribution in [-0.2, 0) is 15.1 Å². The second-order valence-electron chi connectivity index (χ2n) is 7.94. The number of nitrogens with zero attached hydrogens (tertiary/aromatic N) is 1. The fourth-order valence-electron chi connectivity index (χ4n) is 3.75. The topological polar surface area (TPSA) is 111 Å². The van der Waals surface area contributed by atoms with Crippen LogP contribution < -0.4 is 16.1 Å². The SMILES string of the molecule is CNC(=O)[C@@](C)(C(=O)NO)N(C)C(=O)c1ccc(-c2ccc(C3(NC)CC3)cc2)cc1. The van der Waals surface area contributed by atoms with Crippen molar-refractivity contribution in [3.63, 3.8) is 0 Å². The molecule has 2 aromatic rings. The standard InChI is InChI=1S/C23H28N4O4/c1-22(20(29)24-2,21(30)26-31)27(4)19(28)17-7-5-15(6-8-17)16-9-11-18(12-10-16)23(25-3)13-14-23/h5-12,25,31H,13-14H2,1-4H3,(H,24,29)(H,26,30)/t22-/m0/s1. The second-order valence-corrected chi connectivity index (χ2v) is 7.94. The van der Waals surface area contributed by atoms with Gasteiger partial charge < -0.3 is 15.5 Å². The maximum absolute atomic E-state index is 13.0. The number of hydrogen-bond donors (Lipinski definition) is 4. The number of amides is 3. The van der Waals surface area contributed by atoms with Crippen molar-refractivity contribution in [2.75, 3.05) is 21.1 Å². The van der Waals surface area contributed by atoms with Crippen LogP contribution in [0.3, 0.4) is 0 Å². The average Bonchev–Trinajstić information content (AvgIpc) is 3.63. The summed E-state index contributed by atoms with van der Waals surface area (Å²) >= 11 is 0. The van der Waals surface area contributed by atoms with Crippen molar-refractivity contribution in [2.24, 2.45) is 0 Å². The molecule has 0 aromatic heterocycles. The van der Waals surface area contributed by atoms with Gasteiger partial charge in [0, 0.05) is 25.2 Å². The molecule has 3 amide bonds. The number of likely N-dealkylation sites (N-methyl/N-ethyl adjacent to an activating group) is 2. The highest BCUT2D eigenvalue weighted by Crippen LogP contribution is 2.45. The molecule has 0 radical (unpaired) electrons. The Kier molecular flexibility index (Phi) is 6.15. The first-order valence-electron chi connectivity index (χ1n) is 10.1. The van der Waals surface area contributed by atoms with Crippen LogP contribution in [0.2, 0.25) is 0 Å². The molecule has 0 bridgehead atoms. The number of benzene rings is 2. The summed E-state index contributed by atoms with van der Waals surface area (Å²) in [5.41, 5.74) is 3.21. The molecule has 4 N–H and O–H groups in total. The number of nitrogens with one attached hydrogen (secondary N) is 3. The van der Waals surface area contributed by atoms with Crippen molar-refractivity contribution in [2.45, 2.75) is 30.8 Å². The quantitative estimate of drug-likeness (QED) is 0.307. The van der Waals surface area contributed by atoms with Crippen LogP contribution in [0.4, 0.5) is 0 Å². The van der Waals surface area contributed by atoms with Gasteiger partial charge in [0.15, 0.2) is 5.54 Å². The van der Waals surface area contributed by atoms with E-state index >= 15 is 0 Å². The van der Waals surface area contributed by atoms with Gasteiger partial charge in [-0.1, -0.05) is 36.4 Å². The molecule has 1 aliphatic rings. The molecular weight excluding hydrogens is 396 g/mol. The zero-order chi connectivity index (χ0) is 22.8. The van der Waals surface area contributed by atoms with E-state index in [9.17, 15) is 14.4 Å². The minimum absolute atomic E-state index is 0.109. The molecule has 0 aliphatic heterocycles. The van der Waals surface area contributed by atoms with E-state index in [1.807, 2.05) is 19.2 Å². The summed E-state index contributed by atoms with van der Waals surface area (Å²) in [6.07, 6.45) is 2.27. The molecule has 31 heavy (non-hydrogen) atoms. The summed E-state index contributed by atoms with van der Waals surface area (Å²) < 4.78 is 0. The lowest BCUT2D eigenvalue weighted by Gasteiger charge is -2.34. The second kappa shape index (κ2) is 8.49. The lowest BCUT2D eigenvalue weighted by molar-refractivity contribution is -0.148. The number of carbonyl (C=O) groups is 3. The predicted molar refractivity (Wildman–Crippen MR) is 116 cm³/mol. The van der Waals surface area contributed by atoms with Crippen LogP contribution >= 0.6 is 0 Å². The maximum atomic E-state index is 13.0. The summed E-state index contributed by atoms with van der Waals surface area (Å²) in [6.45, 7) is 1.27. The van der Waals surface area contributed by atoms with Crippen LogP contribution in [0.25, 0.3) is 11.1 Å². The third kappa shape index (κ3) is 3.92. The van der Waals surface area contributed by atoms with Gasteiger partial charge in [0.2, 0.25) is 0 Å². The number of carbonyl (C=O) groups excluding carboxylic acids is 3. The molecular formula is C23H28N4O4. The number of hydroxylamine groups is 1. The summed E-state index contributed by atoms with van der Waals surface area (Å²) in [5.74, 6) is -2.25. The molecule has 0 heterocycles. The summed E-state index contributed by atoms with van der Waals surface area (Å²) in [7, 11) is 4.67. The highest BCUT2D eigenvalue weighted by molar-refractivity contribution is 6.12. The van der Waals surface area contributed by atoms with Crippen LogP contribution in [-0.4, -0.2) is 54.5 Å². The monoisotopic (exact) mass is 424 g/mol. The van der Waals surface area contributed by atoms with E-state index in [0.29, 0.717) is 5.56 Å². The first kappa shape index (κ1) is 22.5. The Morgan fingerprint density at radius 2 is 1.45 bits per heavy atom. The minimum atomic E-state index is -1.92. The van der Waals surface area contributed by atoms with Crippen molar-refractivity contribution in [3.8, 4) is 11.1 Å². The fourth-order valence-corrected chi connectivity index (χ4v) is 3.75. The van der Waals surface area contributed by atoms with E-state index in [1.54, 1.807) is 12.1 Å². The van der Waals surface area contributed by atoms with Gasteiger partial charge in [-0.15, -0.1) is 0 Å². The molecule has 0 saturated heterocycles. The number of rotatable bonds is 7. The summed E-state index contributed by atoms with van der Waals surface area (Å²) in [6, 6.07) is 15.3. The van der Waals surface area contributed by atoms with Crippen molar-refractivity contribution in [3.05, 3.63) is 59.7 Å². The highest BCUT2D eigenvalue weighted by Gasteiger charge is 2.47. The maximum Gasteiger partial charge on any atom is 0.278 e. The molecule has 1 fully saturated rings. The van der Waals surface area contributed by atoms with Gasteiger partial charge in [-0.2, -0.15) is 0 Å². The molecule has 8 heteroatoms. The van der Waals surface area contributed by atoms with E-state index in [-0.39, 0.29) is 5.54 Å². The molecule has 8 nitrogen and oxygen atoms in total. The first-order chi connectivity index (χ1) is 14.7. The van der Waals surface area contributed by atoms with Crippen molar-refractivity contribution >= 4 is 17.7 Å². The Bertz CT molecular complexity index is 966. The van der Waals surface area contributed by atoms with Crippen LogP contribution in [0.5, 0.6) is 0 Å². The van der Waals surface area contributed by atoms with Gasteiger partial charge in [0.1, 0.15) is 0 Å². The molecule has 3 rings (SSSR count). The Balaban J connectivity index is 1.81. The lowest BCUT2D eigenvalue weighted by Crippen LogP contribution is -2.64. The summed E-state index contributed by atoms with van der Waals surface area (Å²) in [4.78, 5) is 38.4. The Morgan fingerprint density at radius 3 is 1.87 bits per heavy atom. The molecule has 0 unspecified atom stereocenters.